The van der Waals surface area contributed by atoms with Crippen LogP contribution in [-0.2, 0) is 11.6 Å². The van der Waals surface area contributed by atoms with Crippen LogP contribution in [0.25, 0.3) is 0 Å². The van der Waals surface area contributed by atoms with Gasteiger partial charge in [0.25, 0.3) is 0 Å². The van der Waals surface area contributed by atoms with E-state index in [0.29, 0.717) is 11.6 Å². The van der Waals surface area contributed by atoms with Crippen LogP contribution in [0.3, 0.4) is 0 Å². The van der Waals surface area contributed by atoms with Gasteiger partial charge in [0.05, 0.1) is 5.56 Å². The van der Waals surface area contributed by atoms with Crippen LogP contribution in [-0.4, -0.2) is 13.1 Å². The zero-order valence-corrected chi connectivity index (χ0v) is 10.9. The first kappa shape index (κ1) is 14.3. The fraction of sp³-hybridized carbons (Fsp3) is 0.571. The lowest BCUT2D eigenvalue weighted by atomic mass is 9.80. The largest absolute Gasteiger partial charge is 0.419 e. The van der Waals surface area contributed by atoms with E-state index in [4.69, 9.17) is 0 Å². The molecule has 1 aliphatic rings. The monoisotopic (exact) mass is 275 g/mol. The Kier molecular flexibility index (Phi) is 3.60. The molecule has 2 rings (SSSR count). The Morgan fingerprint density at radius 3 is 2.53 bits per heavy atom. The predicted molar refractivity (Wildman–Crippen MR) is 65.5 cm³/mol. The molecule has 1 aromatic carbocycles. The van der Waals surface area contributed by atoms with Gasteiger partial charge in [-0.05, 0) is 49.4 Å². The third-order valence-electron chi connectivity index (χ3n) is 4.12. The van der Waals surface area contributed by atoms with Gasteiger partial charge in [0, 0.05) is 6.04 Å². The van der Waals surface area contributed by atoms with Gasteiger partial charge < -0.3 is 5.32 Å². The number of rotatable bonds is 2. The zero-order chi connectivity index (χ0) is 14.3. The van der Waals surface area contributed by atoms with Crippen molar-refractivity contribution < 1.29 is 17.6 Å². The van der Waals surface area contributed by atoms with Crippen LogP contribution >= 0.6 is 0 Å². The van der Waals surface area contributed by atoms with Crippen LogP contribution in [0.2, 0.25) is 0 Å². The molecule has 1 N–H and O–H groups in total. The van der Waals surface area contributed by atoms with Gasteiger partial charge in [-0.25, -0.2) is 4.39 Å². The van der Waals surface area contributed by atoms with E-state index in [2.05, 4.69) is 5.32 Å². The van der Waals surface area contributed by atoms with E-state index in [1.807, 2.05) is 14.0 Å². The van der Waals surface area contributed by atoms with Crippen molar-refractivity contribution in [3.8, 4) is 0 Å². The number of halogens is 4. The average molecular weight is 275 g/mol. The van der Waals surface area contributed by atoms with Crippen molar-refractivity contribution in [2.24, 2.45) is 0 Å². The van der Waals surface area contributed by atoms with E-state index in [1.54, 1.807) is 0 Å². The SMILES string of the molecule is CNC1CCC(C)(c2ccc(F)c(C(F)(F)F)c2)C1. The van der Waals surface area contributed by atoms with Crippen molar-refractivity contribution in [1.82, 2.24) is 5.32 Å². The molecular weight excluding hydrogens is 258 g/mol. The minimum absolute atomic E-state index is 0.310. The summed E-state index contributed by atoms with van der Waals surface area (Å²) in [5, 5.41) is 3.15. The van der Waals surface area contributed by atoms with Crippen LogP contribution in [0.1, 0.15) is 37.3 Å². The van der Waals surface area contributed by atoms with Gasteiger partial charge in [-0.3, -0.25) is 0 Å². The molecule has 0 heterocycles. The molecule has 19 heavy (non-hydrogen) atoms. The summed E-state index contributed by atoms with van der Waals surface area (Å²) in [6.45, 7) is 1.94. The molecule has 2 unspecified atom stereocenters. The summed E-state index contributed by atoms with van der Waals surface area (Å²) in [6.07, 6.45) is -2.14. The summed E-state index contributed by atoms with van der Waals surface area (Å²) in [5.74, 6) is -1.21. The Bertz CT molecular complexity index is 469. The molecule has 106 valence electrons. The number of alkyl halides is 3. The molecule has 0 amide bonds. The van der Waals surface area contributed by atoms with Crippen LogP contribution < -0.4 is 5.32 Å². The Labute approximate surface area is 110 Å². The Morgan fingerprint density at radius 1 is 1.32 bits per heavy atom. The molecule has 1 fully saturated rings. The minimum Gasteiger partial charge on any atom is -0.317 e. The van der Waals surface area contributed by atoms with Gasteiger partial charge in [-0.1, -0.05) is 13.0 Å². The van der Waals surface area contributed by atoms with Gasteiger partial charge in [-0.15, -0.1) is 0 Å². The highest BCUT2D eigenvalue weighted by Crippen LogP contribution is 2.42. The molecule has 1 aromatic rings. The lowest BCUT2D eigenvalue weighted by Crippen LogP contribution is -2.26. The summed E-state index contributed by atoms with van der Waals surface area (Å²) >= 11 is 0. The Balaban J connectivity index is 2.37. The fourth-order valence-corrected chi connectivity index (χ4v) is 2.87. The van der Waals surface area contributed by atoms with Gasteiger partial charge in [-0.2, -0.15) is 13.2 Å². The van der Waals surface area contributed by atoms with Crippen molar-refractivity contribution in [2.45, 2.75) is 43.8 Å². The van der Waals surface area contributed by atoms with E-state index < -0.39 is 17.6 Å². The first-order valence-electron chi connectivity index (χ1n) is 6.31. The van der Waals surface area contributed by atoms with Crippen molar-refractivity contribution in [3.05, 3.63) is 35.1 Å². The van der Waals surface area contributed by atoms with Gasteiger partial charge in [0.15, 0.2) is 0 Å². The Morgan fingerprint density at radius 2 is 2.00 bits per heavy atom. The first-order chi connectivity index (χ1) is 8.76. The maximum atomic E-state index is 13.3. The maximum absolute atomic E-state index is 13.3. The molecule has 0 radical (unpaired) electrons. The zero-order valence-electron chi connectivity index (χ0n) is 10.9. The molecule has 0 saturated heterocycles. The number of hydrogen-bond donors (Lipinski definition) is 1. The van der Waals surface area contributed by atoms with Gasteiger partial charge >= 0.3 is 6.18 Å². The second kappa shape index (κ2) is 4.78. The molecule has 0 bridgehead atoms. The molecule has 1 saturated carbocycles. The second-order valence-electron chi connectivity index (χ2n) is 5.48. The molecule has 2 atom stereocenters. The summed E-state index contributed by atoms with van der Waals surface area (Å²) in [5.41, 5.74) is -0.917. The predicted octanol–water partition coefficient (Wildman–Crippen LogP) is 3.87. The summed E-state index contributed by atoms with van der Waals surface area (Å²) in [6, 6.07) is 3.68. The summed E-state index contributed by atoms with van der Waals surface area (Å²) in [4.78, 5) is 0. The lowest BCUT2D eigenvalue weighted by molar-refractivity contribution is -0.140. The molecule has 1 aliphatic carbocycles. The van der Waals surface area contributed by atoms with E-state index in [1.165, 1.54) is 6.07 Å². The highest BCUT2D eigenvalue weighted by molar-refractivity contribution is 5.33. The van der Waals surface area contributed by atoms with Crippen molar-refractivity contribution in [3.63, 3.8) is 0 Å². The van der Waals surface area contributed by atoms with Crippen molar-refractivity contribution in [2.75, 3.05) is 7.05 Å². The number of benzene rings is 1. The molecule has 0 spiro atoms. The standard InChI is InChI=1S/C14H17F4N/c1-13(6-5-10(8-13)19-2)9-3-4-12(15)11(7-9)14(16,17)18/h3-4,7,10,19H,5-6,8H2,1-2H3. The quantitative estimate of drug-likeness (QED) is 0.808. The van der Waals surface area contributed by atoms with E-state index in [-0.39, 0.29) is 5.41 Å². The topological polar surface area (TPSA) is 12.0 Å². The Hall–Kier alpha value is -1.10. The van der Waals surface area contributed by atoms with E-state index >= 15 is 0 Å². The van der Waals surface area contributed by atoms with Crippen LogP contribution in [0.15, 0.2) is 18.2 Å². The highest BCUT2D eigenvalue weighted by Gasteiger charge is 2.39. The second-order valence-corrected chi connectivity index (χ2v) is 5.48. The normalized spacial score (nSPS) is 27.8. The van der Waals surface area contributed by atoms with E-state index in [0.717, 1.165) is 31.4 Å². The summed E-state index contributed by atoms with van der Waals surface area (Å²) in [7, 11) is 1.85. The molecule has 0 aromatic heterocycles. The first-order valence-corrected chi connectivity index (χ1v) is 6.31. The van der Waals surface area contributed by atoms with Crippen molar-refractivity contribution in [1.29, 1.82) is 0 Å². The maximum Gasteiger partial charge on any atom is 0.419 e. The number of nitrogens with one attached hydrogen (secondary N) is 1. The van der Waals surface area contributed by atoms with Crippen LogP contribution in [0, 0.1) is 5.82 Å². The van der Waals surface area contributed by atoms with E-state index in [9.17, 15) is 17.6 Å². The molecular formula is C14H17F4N. The smallest absolute Gasteiger partial charge is 0.317 e. The van der Waals surface area contributed by atoms with Gasteiger partial charge in [0.2, 0.25) is 0 Å². The molecule has 1 nitrogen and oxygen atoms in total. The van der Waals surface area contributed by atoms with Gasteiger partial charge in [0.1, 0.15) is 5.82 Å². The third-order valence-corrected chi connectivity index (χ3v) is 4.12. The van der Waals surface area contributed by atoms with Crippen LogP contribution in [0.4, 0.5) is 17.6 Å². The van der Waals surface area contributed by atoms with Crippen molar-refractivity contribution >= 4 is 0 Å². The lowest BCUT2D eigenvalue weighted by Gasteiger charge is -2.26. The van der Waals surface area contributed by atoms with Crippen LogP contribution in [0.5, 0.6) is 0 Å². The molecule has 5 heteroatoms. The fourth-order valence-electron chi connectivity index (χ4n) is 2.87. The summed E-state index contributed by atoms with van der Waals surface area (Å²) < 4.78 is 51.5. The average Bonchev–Trinajstić information content (AvgIpc) is 2.71. The number of hydrogen-bond acceptors (Lipinski definition) is 1. The molecule has 0 aliphatic heterocycles. The third kappa shape index (κ3) is 2.76. The minimum atomic E-state index is -4.64. The highest BCUT2D eigenvalue weighted by atomic mass is 19.4.